The van der Waals surface area contributed by atoms with Crippen LogP contribution in [0, 0.1) is 5.82 Å². The summed E-state index contributed by atoms with van der Waals surface area (Å²) in [5, 5.41) is 10.9. The number of benzene rings is 2. The van der Waals surface area contributed by atoms with E-state index in [9.17, 15) is 22.4 Å². The first kappa shape index (κ1) is 21.5. The van der Waals surface area contributed by atoms with Crippen molar-refractivity contribution in [3.63, 3.8) is 0 Å². The predicted octanol–water partition coefficient (Wildman–Crippen LogP) is 4.66. The lowest BCUT2D eigenvalue weighted by Gasteiger charge is -2.35. The van der Waals surface area contributed by atoms with E-state index in [1.807, 2.05) is 11.0 Å². The Labute approximate surface area is 181 Å². The van der Waals surface area contributed by atoms with Crippen LogP contribution in [0.25, 0.3) is 11.3 Å². The van der Waals surface area contributed by atoms with Gasteiger partial charge in [-0.3, -0.25) is 0 Å². The number of halogens is 4. The molecule has 1 aliphatic heterocycles. The van der Waals surface area contributed by atoms with Crippen molar-refractivity contribution in [1.29, 1.82) is 0 Å². The average molecular weight is 445 g/mol. The van der Waals surface area contributed by atoms with Gasteiger partial charge in [0.25, 0.3) is 0 Å². The van der Waals surface area contributed by atoms with Crippen LogP contribution in [0.5, 0.6) is 0 Å². The molecule has 166 valence electrons. The minimum atomic E-state index is -4.47. The molecule has 2 amide bonds. The largest absolute Gasteiger partial charge is 0.416 e. The molecule has 1 aliphatic rings. The molecule has 0 atom stereocenters. The third kappa shape index (κ3) is 4.96. The van der Waals surface area contributed by atoms with Crippen LogP contribution in [0.2, 0.25) is 0 Å². The van der Waals surface area contributed by atoms with Crippen molar-refractivity contribution in [3.05, 3.63) is 72.0 Å². The molecule has 1 aromatic heterocycles. The highest BCUT2D eigenvalue weighted by Crippen LogP contribution is 2.30. The molecule has 0 radical (unpaired) electrons. The van der Waals surface area contributed by atoms with Gasteiger partial charge in [0.15, 0.2) is 5.82 Å². The zero-order valence-electron chi connectivity index (χ0n) is 16.8. The number of hydrogen-bond donors (Lipinski definition) is 1. The van der Waals surface area contributed by atoms with Crippen molar-refractivity contribution in [3.8, 4) is 11.3 Å². The molecule has 1 saturated heterocycles. The first-order valence-electron chi connectivity index (χ1n) is 9.87. The van der Waals surface area contributed by atoms with E-state index in [-0.39, 0.29) is 11.5 Å². The van der Waals surface area contributed by atoms with Crippen molar-refractivity contribution in [2.24, 2.45) is 0 Å². The molecule has 2 aromatic carbocycles. The lowest BCUT2D eigenvalue weighted by atomic mass is 10.1. The van der Waals surface area contributed by atoms with Gasteiger partial charge in [0.2, 0.25) is 0 Å². The van der Waals surface area contributed by atoms with Gasteiger partial charge in [0.1, 0.15) is 5.82 Å². The van der Waals surface area contributed by atoms with Gasteiger partial charge < -0.3 is 15.1 Å². The van der Waals surface area contributed by atoms with Gasteiger partial charge in [0.05, 0.1) is 11.3 Å². The molecule has 6 nitrogen and oxygen atoms in total. The molecular weight excluding hydrogens is 426 g/mol. The molecule has 0 bridgehead atoms. The standard InChI is InChI=1S/C22H19F4N5O/c23-17-6-4-15(5-7-17)19-8-9-20(29-28-19)30-10-12-31(13-11-30)21(32)27-18-3-1-2-16(14-18)22(24,25)26/h1-9,14H,10-13H2,(H,27,32). The Balaban J connectivity index is 1.34. The molecule has 10 heteroatoms. The summed E-state index contributed by atoms with van der Waals surface area (Å²) in [6.07, 6.45) is -4.47. The van der Waals surface area contributed by atoms with E-state index < -0.39 is 17.8 Å². The fraction of sp³-hybridized carbons (Fsp3) is 0.227. The zero-order chi connectivity index (χ0) is 22.7. The number of amides is 2. The molecule has 0 unspecified atom stereocenters. The fourth-order valence-electron chi connectivity index (χ4n) is 3.38. The van der Waals surface area contributed by atoms with Gasteiger partial charge in [-0.15, -0.1) is 10.2 Å². The van der Waals surface area contributed by atoms with Crippen LogP contribution in [0.1, 0.15) is 5.56 Å². The third-order valence-corrected chi connectivity index (χ3v) is 5.12. The van der Waals surface area contributed by atoms with E-state index in [4.69, 9.17) is 0 Å². The van der Waals surface area contributed by atoms with Crippen molar-refractivity contribution in [2.45, 2.75) is 6.18 Å². The Hall–Kier alpha value is -3.69. The minimum Gasteiger partial charge on any atom is -0.352 e. The van der Waals surface area contributed by atoms with Gasteiger partial charge in [-0.25, -0.2) is 9.18 Å². The van der Waals surface area contributed by atoms with Crippen molar-refractivity contribution >= 4 is 17.5 Å². The maximum Gasteiger partial charge on any atom is 0.416 e. The van der Waals surface area contributed by atoms with E-state index in [0.717, 1.165) is 17.7 Å². The van der Waals surface area contributed by atoms with Crippen LogP contribution < -0.4 is 10.2 Å². The number of aromatic nitrogens is 2. The Morgan fingerprint density at radius 2 is 1.62 bits per heavy atom. The SMILES string of the molecule is O=C(Nc1cccc(C(F)(F)F)c1)N1CCN(c2ccc(-c3ccc(F)cc3)nn2)CC1. The number of piperazine rings is 1. The summed E-state index contributed by atoms with van der Waals surface area (Å²) in [4.78, 5) is 16.0. The highest BCUT2D eigenvalue weighted by atomic mass is 19.4. The summed E-state index contributed by atoms with van der Waals surface area (Å²) in [5.74, 6) is 0.321. The number of nitrogens with zero attached hydrogens (tertiary/aromatic N) is 4. The summed E-state index contributed by atoms with van der Waals surface area (Å²) < 4.78 is 51.6. The first-order valence-corrected chi connectivity index (χ1v) is 9.87. The molecule has 3 aromatic rings. The Morgan fingerprint density at radius 1 is 0.906 bits per heavy atom. The average Bonchev–Trinajstić information content (AvgIpc) is 2.79. The number of anilines is 2. The summed E-state index contributed by atoms with van der Waals surface area (Å²) in [6, 6.07) is 13.6. The molecule has 0 saturated carbocycles. The van der Waals surface area contributed by atoms with Crippen molar-refractivity contribution in [1.82, 2.24) is 15.1 Å². The number of rotatable bonds is 3. The summed E-state index contributed by atoms with van der Waals surface area (Å²) in [6.45, 7) is 1.76. The topological polar surface area (TPSA) is 61.4 Å². The van der Waals surface area contributed by atoms with E-state index in [1.165, 1.54) is 29.2 Å². The summed E-state index contributed by atoms with van der Waals surface area (Å²) in [5.41, 5.74) is 0.645. The fourth-order valence-corrected chi connectivity index (χ4v) is 3.38. The van der Waals surface area contributed by atoms with Crippen LogP contribution in [0.4, 0.5) is 33.9 Å². The second-order valence-electron chi connectivity index (χ2n) is 7.27. The molecule has 1 fully saturated rings. The Morgan fingerprint density at radius 3 is 2.25 bits per heavy atom. The van der Waals surface area contributed by atoms with E-state index in [0.29, 0.717) is 37.7 Å². The second kappa shape index (κ2) is 8.81. The Bertz CT molecular complexity index is 1080. The lowest BCUT2D eigenvalue weighted by Crippen LogP contribution is -2.50. The number of nitrogens with one attached hydrogen (secondary N) is 1. The third-order valence-electron chi connectivity index (χ3n) is 5.12. The zero-order valence-corrected chi connectivity index (χ0v) is 16.8. The molecule has 0 aliphatic carbocycles. The first-order chi connectivity index (χ1) is 15.3. The van der Waals surface area contributed by atoms with Gasteiger partial charge in [-0.1, -0.05) is 6.07 Å². The van der Waals surface area contributed by atoms with Gasteiger partial charge in [-0.2, -0.15) is 13.2 Å². The highest BCUT2D eigenvalue weighted by Gasteiger charge is 2.30. The van der Waals surface area contributed by atoms with Crippen LogP contribution in [-0.2, 0) is 6.18 Å². The molecule has 4 rings (SSSR count). The molecule has 0 spiro atoms. The maximum atomic E-state index is 13.1. The van der Waals surface area contributed by atoms with Crippen LogP contribution in [0.3, 0.4) is 0 Å². The molecular formula is C22H19F4N5O. The number of carbonyl (C=O) groups is 1. The Kier molecular flexibility index (Phi) is 5.93. The summed E-state index contributed by atoms with van der Waals surface area (Å²) >= 11 is 0. The molecule has 32 heavy (non-hydrogen) atoms. The minimum absolute atomic E-state index is 0.0921. The van der Waals surface area contributed by atoms with E-state index in [2.05, 4.69) is 15.5 Å². The number of hydrogen-bond acceptors (Lipinski definition) is 4. The second-order valence-corrected chi connectivity index (χ2v) is 7.27. The van der Waals surface area contributed by atoms with E-state index >= 15 is 0 Å². The van der Waals surface area contributed by atoms with Crippen molar-refractivity contribution < 1.29 is 22.4 Å². The van der Waals surface area contributed by atoms with E-state index in [1.54, 1.807) is 18.2 Å². The van der Waals surface area contributed by atoms with Crippen LogP contribution in [-0.4, -0.2) is 47.3 Å². The number of carbonyl (C=O) groups excluding carboxylic acids is 1. The van der Waals surface area contributed by atoms with Crippen molar-refractivity contribution in [2.75, 3.05) is 36.4 Å². The maximum absolute atomic E-state index is 13.1. The summed E-state index contributed by atoms with van der Waals surface area (Å²) in [7, 11) is 0. The monoisotopic (exact) mass is 445 g/mol. The normalized spacial score (nSPS) is 14.4. The van der Waals surface area contributed by atoms with Gasteiger partial charge >= 0.3 is 12.2 Å². The smallest absolute Gasteiger partial charge is 0.352 e. The van der Waals surface area contributed by atoms with Gasteiger partial charge in [0, 0.05) is 37.4 Å². The van der Waals surface area contributed by atoms with Gasteiger partial charge in [-0.05, 0) is 54.6 Å². The quantitative estimate of drug-likeness (QED) is 0.596. The lowest BCUT2D eigenvalue weighted by molar-refractivity contribution is -0.137. The number of alkyl halides is 3. The predicted molar refractivity (Wildman–Crippen MR) is 112 cm³/mol. The van der Waals surface area contributed by atoms with Crippen LogP contribution in [0.15, 0.2) is 60.7 Å². The highest BCUT2D eigenvalue weighted by molar-refractivity contribution is 5.89. The molecule has 2 heterocycles. The van der Waals surface area contributed by atoms with Crippen LogP contribution >= 0.6 is 0 Å². The number of urea groups is 1. The molecule has 1 N–H and O–H groups in total.